The van der Waals surface area contributed by atoms with Crippen molar-refractivity contribution in [2.45, 2.75) is 20.8 Å². The lowest BCUT2D eigenvalue weighted by atomic mass is 10.1. The Morgan fingerprint density at radius 1 is 1.38 bits per heavy atom. The molecule has 2 aromatic rings. The summed E-state index contributed by atoms with van der Waals surface area (Å²) in [6, 6.07) is 3.30. The van der Waals surface area contributed by atoms with Crippen LogP contribution in [0.1, 0.15) is 38.1 Å². The fourth-order valence-electron chi connectivity index (χ4n) is 1.97. The molecule has 2 aromatic heterocycles. The van der Waals surface area contributed by atoms with E-state index in [0.29, 0.717) is 16.1 Å². The molecule has 0 spiro atoms. The quantitative estimate of drug-likeness (QED) is 0.642. The average molecular weight is 363 g/mol. The number of nitrogens with one attached hydrogen (secondary N) is 2. The van der Waals surface area contributed by atoms with Gasteiger partial charge in [-0.1, -0.05) is 0 Å². The van der Waals surface area contributed by atoms with Crippen LogP contribution in [0.2, 0.25) is 0 Å². The van der Waals surface area contributed by atoms with Gasteiger partial charge in [-0.3, -0.25) is 15.1 Å². The molecule has 0 aliphatic carbocycles. The van der Waals surface area contributed by atoms with Gasteiger partial charge in [0.15, 0.2) is 5.11 Å². The number of nitrogens with zero attached hydrogens (tertiary/aromatic N) is 1. The smallest absolute Gasteiger partial charge is 0.341 e. The fourth-order valence-corrected chi connectivity index (χ4v) is 3.28. The molecule has 0 bridgehead atoms. The van der Waals surface area contributed by atoms with Gasteiger partial charge in [0.25, 0.3) is 5.91 Å². The molecule has 0 aliphatic heterocycles. The number of amides is 1. The van der Waals surface area contributed by atoms with E-state index >= 15 is 0 Å². The Morgan fingerprint density at radius 2 is 2.12 bits per heavy atom. The summed E-state index contributed by atoms with van der Waals surface area (Å²) >= 11 is 6.55. The monoisotopic (exact) mass is 363 g/mol. The summed E-state index contributed by atoms with van der Waals surface area (Å²) in [6.45, 7) is 5.79. The average Bonchev–Trinajstić information content (AvgIpc) is 2.82. The first-order valence-corrected chi connectivity index (χ1v) is 8.46. The molecule has 0 fully saturated rings. The van der Waals surface area contributed by atoms with Crippen LogP contribution >= 0.6 is 23.6 Å². The zero-order valence-electron chi connectivity index (χ0n) is 13.5. The van der Waals surface area contributed by atoms with Gasteiger partial charge in [-0.2, -0.15) is 0 Å². The van der Waals surface area contributed by atoms with Gasteiger partial charge in [0.2, 0.25) is 0 Å². The zero-order valence-corrected chi connectivity index (χ0v) is 15.1. The van der Waals surface area contributed by atoms with Crippen LogP contribution in [0, 0.1) is 13.8 Å². The molecule has 1 amide bonds. The summed E-state index contributed by atoms with van der Waals surface area (Å²) in [5.74, 6) is -0.786. The molecule has 126 valence electrons. The van der Waals surface area contributed by atoms with Crippen molar-refractivity contribution < 1.29 is 14.3 Å². The SMILES string of the molecule is CCOC(=O)c1c(NC(=S)NC(=O)c2cccnc2)sc(C)c1C. The van der Waals surface area contributed by atoms with E-state index in [1.165, 1.54) is 17.5 Å². The number of esters is 1. The molecule has 8 heteroatoms. The van der Waals surface area contributed by atoms with Gasteiger partial charge in [0.05, 0.1) is 17.7 Å². The maximum Gasteiger partial charge on any atom is 0.341 e. The number of carbonyl (C=O) groups excluding carboxylic acids is 2. The standard InChI is InChI=1S/C16H17N3O3S2/c1-4-22-15(21)12-9(2)10(3)24-14(12)19-16(23)18-13(20)11-6-5-7-17-8-11/h5-8H,4H2,1-3H3,(H2,18,19,20,23). The normalized spacial score (nSPS) is 10.1. The number of thiocarbonyl (C=S) groups is 1. The highest BCUT2D eigenvalue weighted by Gasteiger charge is 2.21. The molecule has 0 radical (unpaired) electrons. The van der Waals surface area contributed by atoms with Gasteiger partial charge in [-0.15, -0.1) is 11.3 Å². The molecule has 0 saturated heterocycles. The predicted molar refractivity (Wildman–Crippen MR) is 97.7 cm³/mol. The van der Waals surface area contributed by atoms with E-state index < -0.39 is 5.97 Å². The van der Waals surface area contributed by atoms with Crippen molar-refractivity contribution in [1.82, 2.24) is 10.3 Å². The van der Waals surface area contributed by atoms with Gasteiger partial charge in [0.1, 0.15) is 5.00 Å². The number of rotatable bonds is 4. The van der Waals surface area contributed by atoms with Crippen LogP contribution in [0.3, 0.4) is 0 Å². The maximum atomic E-state index is 12.1. The van der Waals surface area contributed by atoms with Crippen molar-refractivity contribution in [2.75, 3.05) is 11.9 Å². The van der Waals surface area contributed by atoms with Crippen LogP contribution in [0.15, 0.2) is 24.5 Å². The van der Waals surface area contributed by atoms with Crippen LogP contribution in [0.5, 0.6) is 0 Å². The summed E-state index contributed by atoms with van der Waals surface area (Å²) in [7, 11) is 0. The molecule has 0 saturated carbocycles. The van der Waals surface area contributed by atoms with Crippen LogP contribution in [-0.2, 0) is 4.74 Å². The Labute approximate surface area is 149 Å². The second-order valence-electron chi connectivity index (χ2n) is 4.86. The number of aromatic nitrogens is 1. The summed E-state index contributed by atoms with van der Waals surface area (Å²) in [6.07, 6.45) is 3.03. The Kier molecular flexibility index (Phi) is 5.99. The predicted octanol–water partition coefficient (Wildman–Crippen LogP) is 3.06. The third-order valence-corrected chi connectivity index (χ3v) is 4.57. The fraction of sp³-hybridized carbons (Fsp3) is 0.250. The van der Waals surface area contributed by atoms with E-state index in [1.54, 1.807) is 25.3 Å². The minimum atomic E-state index is -0.414. The number of hydrogen-bond donors (Lipinski definition) is 2. The third-order valence-electron chi connectivity index (χ3n) is 3.24. The Hall–Kier alpha value is -2.32. The summed E-state index contributed by atoms with van der Waals surface area (Å²) in [4.78, 5) is 29.1. The zero-order chi connectivity index (χ0) is 17.7. The molecule has 2 heterocycles. The minimum absolute atomic E-state index is 0.107. The van der Waals surface area contributed by atoms with Crippen LogP contribution in [-0.4, -0.2) is 28.6 Å². The summed E-state index contributed by atoms with van der Waals surface area (Å²) < 4.78 is 5.08. The van der Waals surface area contributed by atoms with Gasteiger partial charge in [-0.05, 0) is 50.7 Å². The lowest BCUT2D eigenvalue weighted by Crippen LogP contribution is -2.34. The topological polar surface area (TPSA) is 80.3 Å². The first-order valence-electron chi connectivity index (χ1n) is 7.23. The van der Waals surface area contributed by atoms with Gasteiger partial charge < -0.3 is 10.1 Å². The molecular weight excluding hydrogens is 346 g/mol. The van der Waals surface area contributed by atoms with E-state index in [1.807, 2.05) is 13.8 Å². The number of thiophene rings is 1. The number of carbonyl (C=O) groups is 2. The number of aryl methyl sites for hydroxylation is 1. The lowest BCUT2D eigenvalue weighted by molar-refractivity contribution is 0.0527. The Bertz CT molecular complexity index is 772. The number of anilines is 1. The van der Waals surface area contributed by atoms with Gasteiger partial charge in [0, 0.05) is 17.3 Å². The van der Waals surface area contributed by atoms with Gasteiger partial charge >= 0.3 is 5.97 Å². The van der Waals surface area contributed by atoms with Crippen molar-refractivity contribution in [3.05, 3.63) is 46.1 Å². The third kappa shape index (κ3) is 4.15. The van der Waals surface area contributed by atoms with Crippen molar-refractivity contribution in [2.24, 2.45) is 0 Å². The first kappa shape index (κ1) is 18.0. The van der Waals surface area contributed by atoms with Crippen LogP contribution in [0.25, 0.3) is 0 Å². The van der Waals surface area contributed by atoms with E-state index in [9.17, 15) is 9.59 Å². The lowest BCUT2D eigenvalue weighted by Gasteiger charge is -2.10. The minimum Gasteiger partial charge on any atom is -0.462 e. The van der Waals surface area contributed by atoms with E-state index in [2.05, 4.69) is 15.6 Å². The summed E-state index contributed by atoms with van der Waals surface area (Å²) in [5.41, 5.74) is 1.67. The number of ether oxygens (including phenoxy) is 1. The molecule has 2 N–H and O–H groups in total. The Morgan fingerprint density at radius 3 is 2.75 bits per heavy atom. The van der Waals surface area contributed by atoms with Gasteiger partial charge in [-0.25, -0.2) is 4.79 Å². The summed E-state index contributed by atoms with van der Waals surface area (Å²) in [5, 5.41) is 6.14. The molecule has 24 heavy (non-hydrogen) atoms. The second-order valence-corrected chi connectivity index (χ2v) is 6.49. The van der Waals surface area contributed by atoms with Crippen molar-refractivity contribution >= 4 is 45.5 Å². The molecule has 0 atom stereocenters. The molecule has 0 unspecified atom stereocenters. The van der Waals surface area contributed by atoms with E-state index in [4.69, 9.17) is 17.0 Å². The maximum absolute atomic E-state index is 12.1. The van der Waals surface area contributed by atoms with Crippen LogP contribution < -0.4 is 10.6 Å². The van der Waals surface area contributed by atoms with Crippen molar-refractivity contribution in [1.29, 1.82) is 0 Å². The molecule has 0 aliphatic rings. The second kappa shape index (κ2) is 7.98. The number of pyridine rings is 1. The van der Waals surface area contributed by atoms with Crippen molar-refractivity contribution in [3.63, 3.8) is 0 Å². The molecule has 2 rings (SSSR count). The highest BCUT2D eigenvalue weighted by Crippen LogP contribution is 2.32. The number of hydrogen-bond acceptors (Lipinski definition) is 6. The largest absolute Gasteiger partial charge is 0.462 e. The highest BCUT2D eigenvalue weighted by atomic mass is 32.1. The van der Waals surface area contributed by atoms with Crippen LogP contribution in [0.4, 0.5) is 5.00 Å². The van der Waals surface area contributed by atoms with Crippen molar-refractivity contribution in [3.8, 4) is 0 Å². The molecule has 6 nitrogen and oxygen atoms in total. The molecular formula is C16H17N3O3S2. The Balaban J connectivity index is 2.13. The molecule has 0 aromatic carbocycles. The first-order chi connectivity index (χ1) is 11.4. The highest BCUT2D eigenvalue weighted by molar-refractivity contribution is 7.80. The van der Waals surface area contributed by atoms with E-state index in [-0.39, 0.29) is 17.6 Å². The van der Waals surface area contributed by atoms with E-state index in [0.717, 1.165) is 10.4 Å².